The van der Waals surface area contributed by atoms with Gasteiger partial charge in [-0.15, -0.1) is 4.91 Å². The van der Waals surface area contributed by atoms with Gasteiger partial charge in [0, 0.05) is 41.3 Å². The van der Waals surface area contributed by atoms with Gasteiger partial charge in [-0.05, 0) is 96.9 Å². The van der Waals surface area contributed by atoms with Gasteiger partial charge < -0.3 is 4.90 Å². The van der Waals surface area contributed by atoms with Gasteiger partial charge >= 0.3 is 0 Å². The van der Waals surface area contributed by atoms with Gasteiger partial charge in [0.2, 0.25) is 5.91 Å². The molecule has 0 saturated carbocycles. The summed E-state index contributed by atoms with van der Waals surface area (Å²) >= 11 is 5.94. The second-order valence-electron chi connectivity index (χ2n) is 13.5. The average molecular weight is 628 g/mol. The molecule has 0 radical (unpaired) electrons. The minimum atomic E-state index is -0.619. The predicted molar refractivity (Wildman–Crippen MR) is 186 cm³/mol. The fraction of sp³-hybridized carbons (Fsp3) is 0.622. The topological polar surface area (TPSA) is 70.1 Å². The molecule has 0 aromatic heterocycles. The van der Waals surface area contributed by atoms with E-state index < -0.39 is 5.91 Å². The fourth-order valence-corrected chi connectivity index (χ4v) is 5.32. The number of benzene rings is 2. The second kappa shape index (κ2) is 19.7. The maximum atomic E-state index is 12.8. The highest BCUT2D eigenvalue weighted by molar-refractivity contribution is 6.31. The van der Waals surface area contributed by atoms with Crippen LogP contribution in [0.15, 0.2) is 47.6 Å². The first-order chi connectivity index (χ1) is 20.6. The van der Waals surface area contributed by atoms with Crippen molar-refractivity contribution in [3.8, 4) is 0 Å². The number of carbonyl (C=O) groups excluding carboxylic acids is 2. The zero-order chi connectivity index (χ0) is 33.4. The number of likely N-dealkylation sites (tertiary alicyclic amines) is 1. The Morgan fingerprint density at radius 1 is 1.02 bits per heavy atom. The molecular weight excluding hydrogens is 570 g/mol. The van der Waals surface area contributed by atoms with Gasteiger partial charge in [0.05, 0.1) is 5.92 Å². The maximum absolute atomic E-state index is 12.8. The molecule has 1 heterocycles. The number of aryl methyl sites for hydroxylation is 3. The van der Waals surface area contributed by atoms with Gasteiger partial charge in [-0.2, -0.15) is 0 Å². The van der Waals surface area contributed by atoms with Gasteiger partial charge in [-0.25, -0.2) is 0 Å². The highest BCUT2D eigenvalue weighted by Crippen LogP contribution is 2.26. The molecule has 3 rings (SSSR count). The van der Waals surface area contributed by atoms with Crippen LogP contribution >= 0.6 is 11.6 Å². The highest BCUT2D eigenvalue weighted by Gasteiger charge is 2.35. The zero-order valence-corrected chi connectivity index (χ0v) is 29.8. The molecule has 246 valence electrons. The standard InChI is InChI=1S/C18H36N2O.C11H12ClNO2.C8H10/c1-7-11-19(12-9-15(3)8-2)17(21)16-10-13-20(14-16)18(4,5)6;1-7-3-4-9(6-10(7)12)5-8(2)11(14)13-15;1-7-4-3-5-8(2)6-7/h15-16H,7-14H2,1-6H3;3-4,6,8H,5H2,1-2H3;3-6H,1-2H3/t15-,16?;;/m1../s1. The van der Waals surface area contributed by atoms with Crippen LogP contribution in [-0.4, -0.2) is 53.3 Å². The quantitative estimate of drug-likeness (QED) is 0.246. The largest absolute Gasteiger partial charge is 0.342 e. The van der Waals surface area contributed by atoms with E-state index in [-0.39, 0.29) is 17.4 Å². The number of rotatable bonds is 10. The number of hydrogen-bond donors (Lipinski definition) is 0. The molecule has 0 N–H and O–H groups in total. The second-order valence-corrected chi connectivity index (χ2v) is 13.9. The Morgan fingerprint density at radius 3 is 2.11 bits per heavy atom. The first-order valence-electron chi connectivity index (χ1n) is 16.3. The van der Waals surface area contributed by atoms with Crippen molar-refractivity contribution in [2.75, 3.05) is 26.2 Å². The number of amides is 2. The summed E-state index contributed by atoms with van der Waals surface area (Å²) in [6.07, 6.45) is 4.92. The Hall–Kier alpha value is -2.57. The Bertz CT molecular complexity index is 1160. The van der Waals surface area contributed by atoms with E-state index in [9.17, 15) is 14.5 Å². The Labute approximate surface area is 272 Å². The van der Waals surface area contributed by atoms with Crippen LogP contribution in [0.25, 0.3) is 0 Å². The molecule has 1 saturated heterocycles. The lowest BCUT2D eigenvalue weighted by Crippen LogP contribution is -2.42. The minimum absolute atomic E-state index is 0.182. The van der Waals surface area contributed by atoms with E-state index in [2.05, 4.69) is 94.6 Å². The summed E-state index contributed by atoms with van der Waals surface area (Å²) in [7, 11) is 0. The maximum Gasteiger partial charge on any atom is 0.289 e. The molecule has 0 spiro atoms. The molecule has 2 aromatic carbocycles. The summed E-state index contributed by atoms with van der Waals surface area (Å²) in [5, 5.41) is 3.08. The number of halogens is 1. The molecule has 1 aliphatic heterocycles. The smallest absolute Gasteiger partial charge is 0.289 e. The minimum Gasteiger partial charge on any atom is -0.342 e. The summed E-state index contributed by atoms with van der Waals surface area (Å²) in [6, 6.07) is 14.1. The van der Waals surface area contributed by atoms with E-state index in [0.29, 0.717) is 23.3 Å². The molecular formula is C37H58ClN3O3. The molecule has 0 aliphatic carbocycles. The average Bonchev–Trinajstić information content (AvgIpc) is 3.48. The van der Waals surface area contributed by atoms with Crippen LogP contribution in [0.1, 0.15) is 96.4 Å². The molecule has 2 unspecified atom stereocenters. The number of hydrogen-bond acceptors (Lipinski definition) is 4. The van der Waals surface area contributed by atoms with Gasteiger partial charge in [0.25, 0.3) is 5.91 Å². The third-order valence-corrected chi connectivity index (χ3v) is 8.75. The first-order valence-corrected chi connectivity index (χ1v) is 16.7. The lowest BCUT2D eigenvalue weighted by molar-refractivity contribution is -0.135. The number of nitrogens with zero attached hydrogens (tertiary/aromatic N) is 3. The normalized spacial score (nSPS) is 16.1. The number of carbonyl (C=O) groups is 2. The lowest BCUT2D eigenvalue weighted by atomic mass is 10.00. The summed E-state index contributed by atoms with van der Waals surface area (Å²) in [5.41, 5.74) is 4.79. The molecule has 2 amide bonds. The molecule has 3 atom stereocenters. The van der Waals surface area contributed by atoms with E-state index in [0.717, 1.165) is 56.6 Å². The third-order valence-electron chi connectivity index (χ3n) is 8.34. The van der Waals surface area contributed by atoms with Crippen molar-refractivity contribution in [1.29, 1.82) is 0 Å². The summed E-state index contributed by atoms with van der Waals surface area (Å²) in [5.74, 6) is 0.319. The van der Waals surface area contributed by atoms with Crippen LogP contribution in [0, 0.1) is 43.4 Å². The molecule has 1 fully saturated rings. The van der Waals surface area contributed by atoms with E-state index in [1.165, 1.54) is 17.5 Å². The predicted octanol–water partition coefficient (Wildman–Crippen LogP) is 9.21. The van der Waals surface area contributed by atoms with Crippen molar-refractivity contribution in [3.05, 3.63) is 74.6 Å². The Morgan fingerprint density at radius 2 is 1.66 bits per heavy atom. The van der Waals surface area contributed by atoms with Crippen LogP contribution in [0.3, 0.4) is 0 Å². The van der Waals surface area contributed by atoms with Crippen molar-refractivity contribution >= 4 is 23.4 Å². The van der Waals surface area contributed by atoms with Crippen molar-refractivity contribution in [3.63, 3.8) is 0 Å². The van der Waals surface area contributed by atoms with E-state index in [1.54, 1.807) is 6.92 Å². The Balaban J connectivity index is 0.000000364. The van der Waals surface area contributed by atoms with Crippen molar-refractivity contribution < 1.29 is 9.59 Å². The fourth-order valence-electron chi connectivity index (χ4n) is 5.11. The van der Waals surface area contributed by atoms with E-state index in [4.69, 9.17) is 11.6 Å². The number of nitroso groups, excluding NO2 is 1. The van der Waals surface area contributed by atoms with Crippen LogP contribution < -0.4 is 0 Å². The monoisotopic (exact) mass is 627 g/mol. The first kappa shape index (κ1) is 39.5. The molecule has 7 heteroatoms. The molecule has 2 aromatic rings. The van der Waals surface area contributed by atoms with Gasteiger partial charge in [0.1, 0.15) is 0 Å². The van der Waals surface area contributed by atoms with Crippen molar-refractivity contribution in [2.45, 2.75) is 107 Å². The van der Waals surface area contributed by atoms with Crippen LogP contribution in [-0.2, 0) is 16.0 Å². The van der Waals surface area contributed by atoms with Crippen molar-refractivity contribution in [1.82, 2.24) is 9.80 Å². The van der Waals surface area contributed by atoms with E-state index >= 15 is 0 Å². The highest BCUT2D eigenvalue weighted by atomic mass is 35.5. The molecule has 1 aliphatic rings. The summed E-state index contributed by atoms with van der Waals surface area (Å²) in [4.78, 5) is 38.4. The van der Waals surface area contributed by atoms with Crippen LogP contribution in [0.4, 0.5) is 0 Å². The third kappa shape index (κ3) is 14.5. The summed E-state index contributed by atoms with van der Waals surface area (Å²) < 4.78 is 0. The zero-order valence-electron chi connectivity index (χ0n) is 29.1. The SMILES string of the molecule is CCCN(CC[C@H](C)CC)C(=O)C1CCN(C(C)(C)C)C1.Cc1ccc(CC(C)C(=O)N=O)cc1Cl.Cc1cccc(C)c1. The van der Waals surface area contributed by atoms with Crippen LogP contribution in [0.2, 0.25) is 5.02 Å². The molecule has 6 nitrogen and oxygen atoms in total. The van der Waals surface area contributed by atoms with Gasteiger partial charge in [-0.3, -0.25) is 14.5 Å². The summed E-state index contributed by atoms with van der Waals surface area (Å²) in [6.45, 7) is 25.1. The Kier molecular flexibility index (Phi) is 17.7. The molecule has 44 heavy (non-hydrogen) atoms. The van der Waals surface area contributed by atoms with E-state index in [1.807, 2.05) is 25.1 Å². The lowest BCUT2D eigenvalue weighted by Gasteiger charge is -2.32. The van der Waals surface area contributed by atoms with Gasteiger partial charge in [0.15, 0.2) is 0 Å². The van der Waals surface area contributed by atoms with Crippen LogP contribution in [0.5, 0.6) is 0 Å². The van der Waals surface area contributed by atoms with Crippen molar-refractivity contribution in [2.24, 2.45) is 22.9 Å². The molecule has 0 bridgehead atoms. The van der Waals surface area contributed by atoms with Gasteiger partial charge in [-0.1, -0.05) is 93.2 Å².